The zero-order valence-corrected chi connectivity index (χ0v) is 6.31. The molecule has 1 amide bonds. The molecule has 0 bridgehead atoms. The van der Waals surface area contributed by atoms with E-state index in [0.717, 1.165) is 0 Å². The molecule has 0 aromatic heterocycles. The number of carbonyl (C=O) groups excluding carboxylic acids is 1. The van der Waals surface area contributed by atoms with Crippen LogP contribution in [0.25, 0.3) is 0 Å². The van der Waals surface area contributed by atoms with Crippen molar-refractivity contribution in [2.75, 3.05) is 0 Å². The molecule has 1 aliphatic rings. The van der Waals surface area contributed by atoms with E-state index in [0.29, 0.717) is 12.3 Å². The van der Waals surface area contributed by atoms with Crippen molar-refractivity contribution in [1.29, 1.82) is 0 Å². The van der Waals surface area contributed by atoms with Crippen LogP contribution in [-0.2, 0) is 4.79 Å². The third-order valence-corrected chi connectivity index (χ3v) is 2.21. The zero-order chi connectivity index (χ0) is 7.40. The summed E-state index contributed by atoms with van der Waals surface area (Å²) in [4.78, 5) is 10.5. The first-order valence-electron chi connectivity index (χ1n) is 4.07. The van der Waals surface area contributed by atoms with Crippen molar-refractivity contribution in [3.8, 4) is 0 Å². The van der Waals surface area contributed by atoms with Gasteiger partial charge in [0.2, 0.25) is 5.91 Å². The van der Waals surface area contributed by atoms with Crippen LogP contribution in [0.3, 0.4) is 0 Å². The SMILES string of the molecule is NC(=O)CC1CCCCC1.[LiH]. The van der Waals surface area contributed by atoms with Gasteiger partial charge in [0, 0.05) is 6.42 Å². The van der Waals surface area contributed by atoms with Crippen molar-refractivity contribution >= 4 is 24.8 Å². The second-order valence-electron chi connectivity index (χ2n) is 3.17. The Labute approximate surface area is 80.1 Å². The van der Waals surface area contributed by atoms with Gasteiger partial charge in [-0.15, -0.1) is 0 Å². The fourth-order valence-electron chi connectivity index (χ4n) is 1.68. The van der Waals surface area contributed by atoms with Crippen molar-refractivity contribution in [2.45, 2.75) is 38.5 Å². The van der Waals surface area contributed by atoms with Crippen LogP contribution in [0, 0.1) is 5.92 Å². The molecule has 0 aliphatic heterocycles. The Bertz CT molecular complexity index is 121. The van der Waals surface area contributed by atoms with Gasteiger partial charge in [0.25, 0.3) is 0 Å². The van der Waals surface area contributed by atoms with E-state index < -0.39 is 0 Å². The topological polar surface area (TPSA) is 43.1 Å². The Morgan fingerprint density at radius 2 is 1.82 bits per heavy atom. The van der Waals surface area contributed by atoms with Crippen LogP contribution in [0.2, 0.25) is 0 Å². The standard InChI is InChI=1S/C8H15NO.Li.H/c9-8(10)6-7-4-2-1-3-5-7;;/h7H,1-6H2,(H2,9,10);;. The molecule has 0 unspecified atom stereocenters. The molecule has 1 rings (SSSR count). The molecule has 0 spiro atoms. The molecule has 1 saturated carbocycles. The minimum atomic E-state index is -0.132. The maximum atomic E-state index is 10.5. The Hall–Kier alpha value is 0.0674. The van der Waals surface area contributed by atoms with E-state index in [4.69, 9.17) is 5.73 Å². The van der Waals surface area contributed by atoms with Crippen molar-refractivity contribution < 1.29 is 4.79 Å². The van der Waals surface area contributed by atoms with E-state index in [1.807, 2.05) is 0 Å². The first kappa shape index (κ1) is 11.1. The molecule has 0 atom stereocenters. The quantitative estimate of drug-likeness (QED) is 0.579. The molecule has 2 nitrogen and oxygen atoms in total. The third kappa shape index (κ3) is 4.50. The minimum absolute atomic E-state index is 0. The van der Waals surface area contributed by atoms with Crippen molar-refractivity contribution in [1.82, 2.24) is 0 Å². The molecular formula is C8H16LiNO. The molecule has 0 aromatic rings. The predicted octanol–water partition coefficient (Wildman–Crippen LogP) is 0.794. The van der Waals surface area contributed by atoms with E-state index in [1.54, 1.807) is 0 Å². The van der Waals surface area contributed by atoms with Crippen molar-refractivity contribution in [3.05, 3.63) is 0 Å². The van der Waals surface area contributed by atoms with E-state index in [9.17, 15) is 4.79 Å². The van der Waals surface area contributed by atoms with Crippen molar-refractivity contribution in [2.24, 2.45) is 11.7 Å². The first-order chi connectivity index (χ1) is 4.79. The van der Waals surface area contributed by atoms with Gasteiger partial charge in [-0.3, -0.25) is 4.79 Å². The predicted molar refractivity (Wildman–Crippen MR) is 47.5 cm³/mol. The molecule has 1 aliphatic carbocycles. The van der Waals surface area contributed by atoms with Crippen LogP contribution in [0.1, 0.15) is 38.5 Å². The second kappa shape index (κ2) is 5.68. The van der Waals surface area contributed by atoms with E-state index in [2.05, 4.69) is 0 Å². The number of nitrogens with two attached hydrogens (primary N) is 1. The van der Waals surface area contributed by atoms with E-state index in [1.165, 1.54) is 32.1 Å². The molecule has 60 valence electrons. The van der Waals surface area contributed by atoms with Crippen LogP contribution in [0.4, 0.5) is 0 Å². The fourth-order valence-corrected chi connectivity index (χ4v) is 1.68. The average Bonchev–Trinajstić information content (AvgIpc) is 1.88. The number of hydrogen-bond acceptors (Lipinski definition) is 1. The molecule has 3 heteroatoms. The normalized spacial score (nSPS) is 18.9. The summed E-state index contributed by atoms with van der Waals surface area (Å²) in [7, 11) is 0. The molecule has 0 heterocycles. The van der Waals surface area contributed by atoms with Gasteiger partial charge in [-0.05, 0) is 18.8 Å². The molecular weight excluding hydrogens is 133 g/mol. The molecule has 2 N–H and O–H groups in total. The van der Waals surface area contributed by atoms with Crippen LogP contribution in [0.15, 0.2) is 0 Å². The second-order valence-corrected chi connectivity index (χ2v) is 3.17. The Morgan fingerprint density at radius 1 is 1.27 bits per heavy atom. The van der Waals surface area contributed by atoms with Crippen LogP contribution >= 0.6 is 0 Å². The Balaban J connectivity index is 0.000001000. The van der Waals surface area contributed by atoms with Gasteiger partial charge < -0.3 is 5.73 Å². The molecule has 0 radical (unpaired) electrons. The number of hydrogen-bond donors (Lipinski definition) is 1. The van der Waals surface area contributed by atoms with Gasteiger partial charge in [-0.1, -0.05) is 19.3 Å². The van der Waals surface area contributed by atoms with Gasteiger partial charge in [-0.25, -0.2) is 0 Å². The number of primary amides is 1. The summed E-state index contributed by atoms with van der Waals surface area (Å²) in [5.74, 6) is 0.471. The summed E-state index contributed by atoms with van der Waals surface area (Å²) in [5, 5.41) is 0. The summed E-state index contributed by atoms with van der Waals surface area (Å²) in [5.41, 5.74) is 5.08. The fraction of sp³-hybridized carbons (Fsp3) is 0.875. The van der Waals surface area contributed by atoms with Crippen LogP contribution < -0.4 is 5.73 Å². The first-order valence-corrected chi connectivity index (χ1v) is 4.07. The maximum absolute atomic E-state index is 10.5. The molecule has 11 heavy (non-hydrogen) atoms. The summed E-state index contributed by atoms with van der Waals surface area (Å²) >= 11 is 0. The summed E-state index contributed by atoms with van der Waals surface area (Å²) < 4.78 is 0. The summed E-state index contributed by atoms with van der Waals surface area (Å²) in [6, 6.07) is 0. The molecule has 0 saturated heterocycles. The van der Waals surface area contributed by atoms with Gasteiger partial charge in [-0.2, -0.15) is 0 Å². The zero-order valence-electron chi connectivity index (χ0n) is 6.31. The molecule has 1 fully saturated rings. The summed E-state index contributed by atoms with van der Waals surface area (Å²) in [6.07, 6.45) is 6.96. The van der Waals surface area contributed by atoms with Crippen molar-refractivity contribution in [3.63, 3.8) is 0 Å². The summed E-state index contributed by atoms with van der Waals surface area (Å²) in [6.45, 7) is 0. The average molecular weight is 149 g/mol. The van der Waals surface area contributed by atoms with Crippen LogP contribution in [-0.4, -0.2) is 24.8 Å². The van der Waals surface area contributed by atoms with E-state index in [-0.39, 0.29) is 24.8 Å². The van der Waals surface area contributed by atoms with E-state index >= 15 is 0 Å². The number of carbonyl (C=O) groups is 1. The van der Waals surface area contributed by atoms with Gasteiger partial charge in [0.1, 0.15) is 0 Å². The monoisotopic (exact) mass is 149 g/mol. The number of amides is 1. The third-order valence-electron chi connectivity index (χ3n) is 2.21. The Kier molecular flexibility index (Phi) is 5.72. The van der Waals surface area contributed by atoms with Gasteiger partial charge >= 0.3 is 18.9 Å². The number of rotatable bonds is 2. The van der Waals surface area contributed by atoms with Gasteiger partial charge in [0.15, 0.2) is 0 Å². The van der Waals surface area contributed by atoms with Crippen LogP contribution in [0.5, 0.6) is 0 Å². The Morgan fingerprint density at radius 3 is 2.27 bits per heavy atom. The molecule has 0 aromatic carbocycles. The van der Waals surface area contributed by atoms with Gasteiger partial charge in [0.05, 0.1) is 0 Å².